The zero-order chi connectivity index (χ0) is 21.5. The summed E-state index contributed by atoms with van der Waals surface area (Å²) >= 11 is 6.33. The molecular weight excluding hydrogens is 411 g/mol. The highest BCUT2D eigenvalue weighted by Gasteiger charge is 2.19. The maximum atomic E-state index is 14.6. The van der Waals surface area contributed by atoms with Crippen molar-refractivity contribution in [3.05, 3.63) is 107 Å². The van der Waals surface area contributed by atoms with Crippen LogP contribution in [0.3, 0.4) is 0 Å². The Kier molecular flexibility index (Phi) is 4.72. The highest BCUT2D eigenvalue weighted by atomic mass is 35.5. The van der Waals surface area contributed by atoms with Gasteiger partial charge in [0.1, 0.15) is 5.82 Å². The first kappa shape index (κ1) is 19.3. The fraction of sp³-hybridized carbons (Fsp3) is 0.0385. The van der Waals surface area contributed by atoms with E-state index in [9.17, 15) is 9.18 Å². The molecule has 0 saturated heterocycles. The number of halogens is 2. The van der Waals surface area contributed by atoms with E-state index in [1.165, 1.54) is 6.07 Å². The standard InChI is InChI=1S/C26H18ClFN2O/c27-21-9-5-10-22(28)20(21)15-30-23-11-4-8-19(26(29)31)25(23)18-13-12-17(14-24(18)30)16-6-2-1-3-7-16/h1-14H,15H2,(H2,29,31). The zero-order valence-electron chi connectivity index (χ0n) is 16.5. The molecule has 2 N–H and O–H groups in total. The third kappa shape index (κ3) is 3.25. The number of hydrogen-bond donors (Lipinski definition) is 1. The lowest BCUT2D eigenvalue weighted by molar-refractivity contribution is 0.100. The summed E-state index contributed by atoms with van der Waals surface area (Å²) in [6.07, 6.45) is 0. The zero-order valence-corrected chi connectivity index (χ0v) is 17.2. The van der Waals surface area contributed by atoms with E-state index in [2.05, 4.69) is 6.07 Å². The largest absolute Gasteiger partial charge is 0.366 e. The first-order valence-electron chi connectivity index (χ1n) is 9.87. The molecule has 5 aromatic rings. The van der Waals surface area contributed by atoms with E-state index in [1.54, 1.807) is 24.3 Å². The predicted molar refractivity (Wildman–Crippen MR) is 124 cm³/mol. The molecule has 0 aliphatic rings. The van der Waals surface area contributed by atoms with Gasteiger partial charge in [-0.1, -0.05) is 66.2 Å². The van der Waals surface area contributed by atoms with E-state index in [1.807, 2.05) is 53.1 Å². The number of nitrogens with two attached hydrogens (primary N) is 1. The lowest BCUT2D eigenvalue weighted by Gasteiger charge is -2.11. The Morgan fingerprint density at radius 1 is 0.871 bits per heavy atom. The molecule has 3 nitrogen and oxygen atoms in total. The molecule has 5 heteroatoms. The van der Waals surface area contributed by atoms with Crippen LogP contribution in [0.25, 0.3) is 32.9 Å². The van der Waals surface area contributed by atoms with Crippen molar-refractivity contribution >= 4 is 39.3 Å². The molecular formula is C26H18ClFN2O. The van der Waals surface area contributed by atoms with Crippen molar-refractivity contribution in [2.75, 3.05) is 0 Å². The number of rotatable bonds is 4. The van der Waals surface area contributed by atoms with Crippen LogP contribution in [-0.2, 0) is 6.54 Å². The Balaban J connectivity index is 1.84. The summed E-state index contributed by atoms with van der Waals surface area (Å²) in [5.74, 6) is -0.867. The van der Waals surface area contributed by atoms with Gasteiger partial charge in [0.05, 0.1) is 17.6 Å². The Hall–Kier alpha value is -3.63. The average molecular weight is 429 g/mol. The molecule has 0 bridgehead atoms. The van der Waals surface area contributed by atoms with E-state index in [-0.39, 0.29) is 12.4 Å². The van der Waals surface area contributed by atoms with Gasteiger partial charge in [-0.05, 0) is 41.5 Å². The van der Waals surface area contributed by atoms with Gasteiger partial charge in [-0.25, -0.2) is 4.39 Å². The van der Waals surface area contributed by atoms with Gasteiger partial charge in [-0.15, -0.1) is 0 Å². The van der Waals surface area contributed by atoms with Crippen LogP contribution in [0.5, 0.6) is 0 Å². The summed E-state index contributed by atoms with van der Waals surface area (Å²) in [6, 6.07) is 26.2. The minimum Gasteiger partial charge on any atom is -0.366 e. The number of aromatic nitrogens is 1. The monoisotopic (exact) mass is 428 g/mol. The number of primary amides is 1. The minimum atomic E-state index is -0.499. The van der Waals surface area contributed by atoms with Crippen molar-refractivity contribution in [3.8, 4) is 11.1 Å². The van der Waals surface area contributed by atoms with Gasteiger partial charge in [0.15, 0.2) is 0 Å². The Labute approximate surface area is 183 Å². The number of fused-ring (bicyclic) bond motifs is 3. The van der Waals surface area contributed by atoms with Crippen LogP contribution in [0, 0.1) is 5.82 Å². The lowest BCUT2D eigenvalue weighted by atomic mass is 10.0. The topological polar surface area (TPSA) is 48.0 Å². The van der Waals surface area contributed by atoms with Gasteiger partial charge >= 0.3 is 0 Å². The molecule has 0 fully saturated rings. The van der Waals surface area contributed by atoms with Crippen LogP contribution in [0.4, 0.5) is 4.39 Å². The Bertz CT molecular complexity index is 1440. The lowest BCUT2D eigenvalue weighted by Crippen LogP contribution is -2.11. The van der Waals surface area contributed by atoms with Gasteiger partial charge in [-0.2, -0.15) is 0 Å². The number of benzene rings is 4. The van der Waals surface area contributed by atoms with Crippen LogP contribution >= 0.6 is 11.6 Å². The normalized spacial score (nSPS) is 11.3. The van der Waals surface area contributed by atoms with Gasteiger partial charge in [0.2, 0.25) is 5.91 Å². The number of hydrogen-bond acceptors (Lipinski definition) is 1. The molecule has 4 aromatic carbocycles. The SMILES string of the molecule is NC(=O)c1cccc2c1c1ccc(-c3ccccc3)cc1n2Cc1c(F)cccc1Cl. The molecule has 0 radical (unpaired) electrons. The van der Waals surface area contributed by atoms with E-state index in [0.717, 1.165) is 32.9 Å². The van der Waals surface area contributed by atoms with Gasteiger partial charge in [-0.3, -0.25) is 4.79 Å². The highest BCUT2D eigenvalue weighted by molar-refractivity contribution is 6.31. The summed E-state index contributed by atoms with van der Waals surface area (Å²) in [5.41, 5.74) is 10.3. The summed E-state index contributed by atoms with van der Waals surface area (Å²) in [4.78, 5) is 12.2. The fourth-order valence-corrected chi connectivity index (χ4v) is 4.39. The number of amides is 1. The third-order valence-corrected chi connectivity index (χ3v) is 6.00. The average Bonchev–Trinajstić information content (AvgIpc) is 3.10. The quantitative estimate of drug-likeness (QED) is 0.353. The highest BCUT2D eigenvalue weighted by Crippen LogP contribution is 2.35. The van der Waals surface area contributed by atoms with E-state index < -0.39 is 5.91 Å². The molecule has 0 aliphatic carbocycles. The first-order valence-corrected chi connectivity index (χ1v) is 10.3. The molecule has 31 heavy (non-hydrogen) atoms. The molecule has 0 aliphatic heterocycles. The predicted octanol–water partition coefficient (Wildman–Crippen LogP) is 6.40. The van der Waals surface area contributed by atoms with Gasteiger partial charge in [0, 0.05) is 26.9 Å². The van der Waals surface area contributed by atoms with Crippen molar-refractivity contribution in [2.24, 2.45) is 5.73 Å². The summed E-state index contributed by atoms with van der Waals surface area (Å²) in [7, 11) is 0. The third-order valence-electron chi connectivity index (χ3n) is 5.64. The second-order valence-corrected chi connectivity index (χ2v) is 7.86. The van der Waals surface area contributed by atoms with E-state index in [4.69, 9.17) is 17.3 Å². The van der Waals surface area contributed by atoms with Crippen LogP contribution in [0.1, 0.15) is 15.9 Å². The fourth-order valence-electron chi connectivity index (χ4n) is 4.17. The van der Waals surface area contributed by atoms with Gasteiger partial charge < -0.3 is 10.3 Å². The summed E-state index contributed by atoms with van der Waals surface area (Å²) in [6.45, 7) is 0.228. The first-order chi connectivity index (χ1) is 15.0. The molecule has 5 rings (SSSR count). The maximum absolute atomic E-state index is 14.6. The molecule has 0 atom stereocenters. The van der Waals surface area contributed by atoms with Crippen molar-refractivity contribution in [2.45, 2.75) is 6.54 Å². The van der Waals surface area contributed by atoms with Crippen molar-refractivity contribution in [1.29, 1.82) is 0 Å². The van der Waals surface area contributed by atoms with E-state index >= 15 is 0 Å². The number of carbonyl (C=O) groups is 1. The molecule has 0 saturated carbocycles. The molecule has 0 spiro atoms. The van der Waals surface area contributed by atoms with Crippen LogP contribution in [-0.4, -0.2) is 10.5 Å². The van der Waals surface area contributed by atoms with Crippen molar-refractivity contribution in [1.82, 2.24) is 4.57 Å². The molecule has 0 unspecified atom stereocenters. The van der Waals surface area contributed by atoms with Crippen LogP contribution in [0.15, 0.2) is 84.9 Å². The number of nitrogens with zero attached hydrogens (tertiary/aromatic N) is 1. The smallest absolute Gasteiger partial charge is 0.249 e. The molecule has 1 amide bonds. The summed E-state index contributed by atoms with van der Waals surface area (Å²) in [5, 5.41) is 2.01. The van der Waals surface area contributed by atoms with Crippen LogP contribution in [0.2, 0.25) is 5.02 Å². The van der Waals surface area contributed by atoms with Crippen molar-refractivity contribution in [3.63, 3.8) is 0 Å². The van der Waals surface area contributed by atoms with Crippen molar-refractivity contribution < 1.29 is 9.18 Å². The van der Waals surface area contributed by atoms with Gasteiger partial charge in [0.25, 0.3) is 0 Å². The molecule has 1 aromatic heterocycles. The molecule has 152 valence electrons. The van der Waals surface area contributed by atoms with E-state index in [0.29, 0.717) is 16.1 Å². The second kappa shape index (κ2) is 7.56. The number of carbonyl (C=O) groups excluding carboxylic acids is 1. The van der Waals surface area contributed by atoms with Crippen LogP contribution < -0.4 is 5.73 Å². The molecule has 1 heterocycles. The Morgan fingerprint density at radius 2 is 1.65 bits per heavy atom. The Morgan fingerprint density at radius 3 is 2.39 bits per heavy atom. The maximum Gasteiger partial charge on any atom is 0.249 e. The summed E-state index contributed by atoms with van der Waals surface area (Å²) < 4.78 is 16.6. The second-order valence-electron chi connectivity index (χ2n) is 7.45. The minimum absolute atomic E-state index is 0.228.